The molecule has 1 rings (SSSR count). The smallest absolute Gasteiger partial charge is 0.169 e. The average Bonchev–Trinajstić information content (AvgIpc) is 2.34. The van der Waals surface area contributed by atoms with Crippen molar-refractivity contribution in [3.63, 3.8) is 0 Å². The normalized spacial score (nSPS) is 11.2. The molecular weight excluding hydrogens is 226 g/mol. The summed E-state index contributed by atoms with van der Waals surface area (Å²) in [5, 5.41) is 3.37. The molecule has 0 radical (unpaired) electrons. The van der Waals surface area contributed by atoms with Crippen molar-refractivity contribution in [3.8, 4) is 0 Å². The molecule has 0 amide bonds. The highest BCUT2D eigenvalue weighted by Crippen LogP contribution is 2.09. The van der Waals surface area contributed by atoms with Crippen LogP contribution in [0.15, 0.2) is 18.2 Å². The van der Waals surface area contributed by atoms with Crippen molar-refractivity contribution in [2.45, 2.75) is 40.5 Å². The molecule has 1 aromatic carbocycles. The van der Waals surface area contributed by atoms with Crippen molar-refractivity contribution in [2.24, 2.45) is 0 Å². The Hall–Kier alpha value is -0.900. The van der Waals surface area contributed by atoms with E-state index in [1.807, 2.05) is 13.8 Å². The molecule has 0 aromatic heterocycles. The minimum atomic E-state index is -0.147. The van der Waals surface area contributed by atoms with Gasteiger partial charge in [0.05, 0.1) is 0 Å². The molecule has 0 bridgehead atoms. The maximum absolute atomic E-state index is 5.48. The van der Waals surface area contributed by atoms with E-state index in [-0.39, 0.29) is 6.29 Å². The molecule has 0 fully saturated rings. The zero-order valence-electron chi connectivity index (χ0n) is 12.0. The van der Waals surface area contributed by atoms with E-state index in [1.54, 1.807) is 0 Å². The molecule has 0 spiro atoms. The minimum Gasteiger partial charge on any atom is -0.352 e. The van der Waals surface area contributed by atoms with E-state index < -0.39 is 0 Å². The van der Waals surface area contributed by atoms with E-state index >= 15 is 0 Å². The summed E-state index contributed by atoms with van der Waals surface area (Å²) in [6, 6.07) is 6.54. The van der Waals surface area contributed by atoms with Crippen LogP contribution in [0.25, 0.3) is 0 Å². The van der Waals surface area contributed by atoms with Crippen molar-refractivity contribution in [3.05, 3.63) is 34.9 Å². The van der Waals surface area contributed by atoms with Crippen LogP contribution in [0.2, 0.25) is 0 Å². The number of hydrogen-bond acceptors (Lipinski definition) is 3. The molecule has 0 atom stereocenters. The summed E-state index contributed by atoms with van der Waals surface area (Å²) >= 11 is 0. The van der Waals surface area contributed by atoms with Crippen LogP contribution < -0.4 is 5.32 Å². The van der Waals surface area contributed by atoms with Gasteiger partial charge < -0.3 is 14.8 Å². The summed E-state index contributed by atoms with van der Waals surface area (Å²) in [5.74, 6) is 0. The molecule has 0 aliphatic heterocycles. The molecule has 0 saturated heterocycles. The first-order valence-electron chi connectivity index (χ1n) is 6.67. The summed E-state index contributed by atoms with van der Waals surface area (Å²) < 4.78 is 11.0. The Morgan fingerprint density at radius 3 is 2.28 bits per heavy atom. The number of ether oxygens (including phenoxy) is 2. The third-order valence-corrected chi connectivity index (χ3v) is 2.92. The topological polar surface area (TPSA) is 30.5 Å². The van der Waals surface area contributed by atoms with Gasteiger partial charge in [0.15, 0.2) is 6.29 Å². The number of rotatable bonds is 8. The summed E-state index contributed by atoms with van der Waals surface area (Å²) in [6.07, 6.45) is -0.147. The predicted molar refractivity (Wildman–Crippen MR) is 74.7 cm³/mol. The number of hydrogen-bond donors (Lipinski definition) is 1. The van der Waals surface area contributed by atoms with Crippen LogP contribution in [0, 0.1) is 13.8 Å². The second kappa shape index (κ2) is 8.25. The van der Waals surface area contributed by atoms with Crippen LogP contribution >= 0.6 is 0 Å². The second-order valence-corrected chi connectivity index (χ2v) is 4.39. The standard InChI is InChI=1S/C15H25NO2/c1-5-17-15(18-6-2)11-16-10-14-8-7-12(3)13(4)9-14/h7-9,15-16H,5-6,10-11H2,1-4H3. The highest BCUT2D eigenvalue weighted by molar-refractivity contribution is 5.29. The van der Waals surface area contributed by atoms with Gasteiger partial charge in [-0.1, -0.05) is 18.2 Å². The molecule has 0 heterocycles. The molecule has 0 aliphatic carbocycles. The Kier molecular flexibility index (Phi) is 6.94. The minimum absolute atomic E-state index is 0.147. The van der Waals surface area contributed by atoms with Gasteiger partial charge in [-0.25, -0.2) is 0 Å². The van der Waals surface area contributed by atoms with E-state index in [0.29, 0.717) is 19.8 Å². The van der Waals surface area contributed by atoms with Gasteiger partial charge in [-0.15, -0.1) is 0 Å². The molecule has 0 aliphatic rings. The Morgan fingerprint density at radius 2 is 1.72 bits per heavy atom. The van der Waals surface area contributed by atoms with Crippen molar-refractivity contribution in [2.75, 3.05) is 19.8 Å². The van der Waals surface area contributed by atoms with Crippen LogP contribution in [0.4, 0.5) is 0 Å². The van der Waals surface area contributed by atoms with Crippen molar-refractivity contribution in [1.29, 1.82) is 0 Å². The quantitative estimate of drug-likeness (QED) is 0.721. The van der Waals surface area contributed by atoms with Gasteiger partial charge in [0, 0.05) is 26.3 Å². The third kappa shape index (κ3) is 5.17. The fourth-order valence-corrected chi connectivity index (χ4v) is 1.79. The van der Waals surface area contributed by atoms with Crippen molar-refractivity contribution < 1.29 is 9.47 Å². The Bertz CT molecular complexity index is 346. The van der Waals surface area contributed by atoms with Gasteiger partial charge in [-0.2, -0.15) is 0 Å². The number of aryl methyl sites for hydroxylation is 2. The van der Waals surface area contributed by atoms with Crippen LogP contribution in [-0.4, -0.2) is 26.0 Å². The van der Waals surface area contributed by atoms with Gasteiger partial charge in [-0.3, -0.25) is 0 Å². The average molecular weight is 251 g/mol. The lowest BCUT2D eigenvalue weighted by atomic mass is 10.1. The SMILES string of the molecule is CCOC(CNCc1ccc(C)c(C)c1)OCC. The van der Waals surface area contributed by atoms with Gasteiger partial charge in [0.2, 0.25) is 0 Å². The lowest BCUT2D eigenvalue weighted by molar-refractivity contribution is -0.133. The highest BCUT2D eigenvalue weighted by atomic mass is 16.7. The molecule has 0 saturated carbocycles. The van der Waals surface area contributed by atoms with E-state index in [2.05, 4.69) is 37.4 Å². The van der Waals surface area contributed by atoms with Crippen molar-refractivity contribution >= 4 is 0 Å². The molecule has 102 valence electrons. The summed E-state index contributed by atoms with van der Waals surface area (Å²) in [5.41, 5.74) is 3.96. The first-order chi connectivity index (χ1) is 8.67. The maximum Gasteiger partial charge on any atom is 0.169 e. The number of benzene rings is 1. The van der Waals surface area contributed by atoms with Crippen molar-refractivity contribution in [1.82, 2.24) is 5.32 Å². The van der Waals surface area contributed by atoms with Crippen LogP contribution in [-0.2, 0) is 16.0 Å². The molecule has 3 nitrogen and oxygen atoms in total. The van der Waals surface area contributed by atoms with E-state index in [9.17, 15) is 0 Å². The monoisotopic (exact) mass is 251 g/mol. The van der Waals surface area contributed by atoms with E-state index in [4.69, 9.17) is 9.47 Å². The van der Waals surface area contributed by atoms with Crippen LogP contribution in [0.3, 0.4) is 0 Å². The zero-order chi connectivity index (χ0) is 13.4. The summed E-state index contributed by atoms with van der Waals surface area (Å²) in [7, 11) is 0. The van der Waals surface area contributed by atoms with E-state index in [1.165, 1.54) is 16.7 Å². The Balaban J connectivity index is 2.37. The van der Waals surface area contributed by atoms with Gasteiger partial charge in [0.1, 0.15) is 0 Å². The molecule has 1 aromatic rings. The lowest BCUT2D eigenvalue weighted by Gasteiger charge is -2.17. The first kappa shape index (κ1) is 15.2. The summed E-state index contributed by atoms with van der Waals surface area (Å²) in [6.45, 7) is 11.2. The first-order valence-corrected chi connectivity index (χ1v) is 6.67. The lowest BCUT2D eigenvalue weighted by Crippen LogP contribution is -2.31. The molecule has 18 heavy (non-hydrogen) atoms. The van der Waals surface area contributed by atoms with Gasteiger partial charge in [-0.05, 0) is 44.4 Å². The van der Waals surface area contributed by atoms with Gasteiger partial charge in [0.25, 0.3) is 0 Å². The second-order valence-electron chi connectivity index (χ2n) is 4.39. The molecule has 0 unspecified atom stereocenters. The number of nitrogens with one attached hydrogen (secondary N) is 1. The molecular formula is C15H25NO2. The Labute approximate surface area is 110 Å². The largest absolute Gasteiger partial charge is 0.352 e. The van der Waals surface area contributed by atoms with Gasteiger partial charge >= 0.3 is 0 Å². The maximum atomic E-state index is 5.48. The summed E-state index contributed by atoms with van der Waals surface area (Å²) in [4.78, 5) is 0. The Morgan fingerprint density at radius 1 is 1.06 bits per heavy atom. The van der Waals surface area contributed by atoms with Crippen LogP contribution in [0.1, 0.15) is 30.5 Å². The zero-order valence-corrected chi connectivity index (χ0v) is 12.0. The highest BCUT2D eigenvalue weighted by Gasteiger charge is 2.06. The predicted octanol–water partition coefficient (Wildman–Crippen LogP) is 2.79. The molecule has 3 heteroatoms. The van der Waals surface area contributed by atoms with Crippen LogP contribution in [0.5, 0.6) is 0 Å². The van der Waals surface area contributed by atoms with E-state index in [0.717, 1.165) is 6.54 Å². The molecule has 1 N–H and O–H groups in total. The third-order valence-electron chi connectivity index (χ3n) is 2.92. The fraction of sp³-hybridized carbons (Fsp3) is 0.600. The fourth-order valence-electron chi connectivity index (χ4n) is 1.79.